The molecule has 0 aromatic carbocycles. The topological polar surface area (TPSA) is 58.6 Å². The number of ether oxygens (including phenoxy) is 2. The largest absolute Gasteiger partial charge is 1.00 e. The molecule has 0 aliphatic rings. The number of carboxylic acid groups (broad SMARTS) is 1. The fourth-order valence-corrected chi connectivity index (χ4v) is 2.64. The van der Waals surface area contributed by atoms with Crippen LogP contribution in [0, 0.1) is 0 Å². The Morgan fingerprint density at radius 3 is 1.56 bits per heavy atom. The van der Waals surface area contributed by atoms with Gasteiger partial charge in [0.15, 0.2) is 6.29 Å². The van der Waals surface area contributed by atoms with Crippen LogP contribution in [0.25, 0.3) is 0 Å². The van der Waals surface area contributed by atoms with Gasteiger partial charge in [-0.2, -0.15) is 0 Å². The van der Waals surface area contributed by atoms with Crippen molar-refractivity contribution in [3.63, 3.8) is 0 Å². The van der Waals surface area contributed by atoms with Crippen molar-refractivity contribution in [1.29, 1.82) is 0 Å². The molecular formula is C20H39NaO4. The van der Waals surface area contributed by atoms with Gasteiger partial charge in [-0.1, -0.05) is 78.1 Å². The van der Waals surface area contributed by atoms with Gasteiger partial charge in [0.1, 0.15) is 0 Å². The van der Waals surface area contributed by atoms with Crippen molar-refractivity contribution in [2.24, 2.45) is 0 Å². The van der Waals surface area contributed by atoms with E-state index >= 15 is 0 Å². The summed E-state index contributed by atoms with van der Waals surface area (Å²) in [6.07, 6.45) is 14.6. The van der Waals surface area contributed by atoms with Crippen molar-refractivity contribution in [2.45, 2.75) is 110 Å². The van der Waals surface area contributed by atoms with Gasteiger partial charge in [-0.05, 0) is 19.3 Å². The van der Waals surface area contributed by atoms with Crippen LogP contribution < -0.4 is 34.7 Å². The van der Waals surface area contributed by atoms with Crippen LogP contribution in [0.3, 0.4) is 0 Å². The first-order valence-corrected chi connectivity index (χ1v) is 10.1. The molecule has 0 N–H and O–H groups in total. The second-order valence-electron chi connectivity index (χ2n) is 6.62. The van der Waals surface area contributed by atoms with E-state index in [0.29, 0.717) is 19.6 Å². The van der Waals surface area contributed by atoms with Crippen LogP contribution in [0.2, 0.25) is 0 Å². The summed E-state index contributed by atoms with van der Waals surface area (Å²) in [5.74, 6) is -1.04. The smallest absolute Gasteiger partial charge is 0.550 e. The summed E-state index contributed by atoms with van der Waals surface area (Å²) < 4.78 is 11.5. The number of unbranched alkanes of at least 4 members (excludes halogenated alkanes) is 10. The van der Waals surface area contributed by atoms with Gasteiger partial charge in [-0.15, -0.1) is 0 Å². The molecule has 0 spiro atoms. The Kier molecular flexibility index (Phi) is 24.8. The van der Waals surface area contributed by atoms with E-state index < -0.39 is 12.3 Å². The number of carboxylic acids is 1. The van der Waals surface area contributed by atoms with Crippen LogP contribution in [0.15, 0.2) is 0 Å². The molecule has 0 aliphatic heterocycles. The molecule has 0 saturated carbocycles. The van der Waals surface area contributed by atoms with E-state index in [1.165, 1.54) is 64.2 Å². The SMILES string of the molecule is CCCCCCCCOC(CCC(=O)[O-])OCCCCCCCC.[Na+]. The van der Waals surface area contributed by atoms with E-state index in [-0.39, 0.29) is 36.0 Å². The average molecular weight is 367 g/mol. The zero-order valence-corrected chi connectivity index (χ0v) is 19.0. The minimum Gasteiger partial charge on any atom is -0.550 e. The Balaban J connectivity index is 0. The maximum Gasteiger partial charge on any atom is 1.00 e. The van der Waals surface area contributed by atoms with Gasteiger partial charge in [-0.3, -0.25) is 0 Å². The van der Waals surface area contributed by atoms with Crippen molar-refractivity contribution >= 4 is 5.97 Å². The Morgan fingerprint density at radius 2 is 1.16 bits per heavy atom. The maximum absolute atomic E-state index is 10.6. The number of hydrogen-bond acceptors (Lipinski definition) is 4. The molecule has 0 aromatic heterocycles. The fourth-order valence-electron chi connectivity index (χ4n) is 2.64. The van der Waals surface area contributed by atoms with Gasteiger partial charge < -0.3 is 19.4 Å². The number of hydrogen-bond donors (Lipinski definition) is 0. The van der Waals surface area contributed by atoms with Gasteiger partial charge in [0.25, 0.3) is 0 Å². The molecule has 25 heavy (non-hydrogen) atoms. The maximum atomic E-state index is 10.6. The molecule has 0 bridgehead atoms. The molecule has 144 valence electrons. The van der Waals surface area contributed by atoms with Gasteiger partial charge in [0, 0.05) is 25.6 Å². The second-order valence-corrected chi connectivity index (χ2v) is 6.62. The van der Waals surface area contributed by atoms with Crippen LogP contribution in [-0.4, -0.2) is 25.5 Å². The molecule has 4 nitrogen and oxygen atoms in total. The Morgan fingerprint density at radius 1 is 0.760 bits per heavy atom. The molecule has 0 heterocycles. The minimum atomic E-state index is -1.04. The monoisotopic (exact) mass is 366 g/mol. The molecule has 0 unspecified atom stereocenters. The molecule has 0 amide bonds. The number of carbonyl (C=O) groups excluding carboxylic acids is 1. The standard InChI is InChI=1S/C20H40O4.Na/c1-3-5-7-9-11-13-17-23-20(16-15-19(21)22)24-18-14-12-10-8-6-4-2;/h20H,3-18H2,1-2H3,(H,21,22);/q;+1/p-1. The van der Waals surface area contributed by atoms with Gasteiger partial charge in [0.2, 0.25) is 0 Å². The van der Waals surface area contributed by atoms with Crippen molar-refractivity contribution in [2.75, 3.05) is 13.2 Å². The zero-order valence-electron chi connectivity index (χ0n) is 17.0. The Labute approximate surface area is 177 Å². The van der Waals surface area contributed by atoms with E-state index in [0.717, 1.165) is 12.8 Å². The van der Waals surface area contributed by atoms with Crippen LogP contribution in [-0.2, 0) is 14.3 Å². The van der Waals surface area contributed by atoms with E-state index in [4.69, 9.17) is 9.47 Å². The molecule has 0 radical (unpaired) electrons. The third-order valence-electron chi connectivity index (χ3n) is 4.19. The van der Waals surface area contributed by atoms with Gasteiger partial charge in [-0.25, -0.2) is 0 Å². The van der Waals surface area contributed by atoms with Crippen molar-refractivity contribution < 1.29 is 48.9 Å². The first-order chi connectivity index (χ1) is 11.7. The second kappa shape index (κ2) is 22.4. The molecule has 0 saturated heterocycles. The Hall–Kier alpha value is 0.390. The third kappa shape index (κ3) is 22.3. The van der Waals surface area contributed by atoms with E-state index in [1.807, 2.05) is 0 Å². The summed E-state index contributed by atoms with van der Waals surface area (Å²) in [6.45, 7) is 5.74. The first-order valence-electron chi connectivity index (χ1n) is 10.1. The fraction of sp³-hybridized carbons (Fsp3) is 0.950. The summed E-state index contributed by atoms with van der Waals surface area (Å²) in [4.78, 5) is 10.6. The van der Waals surface area contributed by atoms with Crippen molar-refractivity contribution in [1.82, 2.24) is 0 Å². The average Bonchev–Trinajstić information content (AvgIpc) is 2.57. The molecule has 0 fully saturated rings. The van der Waals surface area contributed by atoms with Gasteiger partial charge >= 0.3 is 29.6 Å². The van der Waals surface area contributed by atoms with Gasteiger partial charge in [0.05, 0.1) is 0 Å². The number of carbonyl (C=O) groups is 1. The molecular weight excluding hydrogens is 327 g/mol. The number of rotatable bonds is 19. The third-order valence-corrected chi connectivity index (χ3v) is 4.19. The molecule has 0 aromatic rings. The van der Waals surface area contributed by atoms with E-state index in [2.05, 4.69) is 13.8 Å². The summed E-state index contributed by atoms with van der Waals surface area (Å²) in [5, 5.41) is 10.6. The molecule has 5 heteroatoms. The van der Waals surface area contributed by atoms with E-state index in [9.17, 15) is 9.90 Å². The van der Waals surface area contributed by atoms with Crippen molar-refractivity contribution in [3.05, 3.63) is 0 Å². The van der Waals surface area contributed by atoms with Crippen LogP contribution >= 0.6 is 0 Å². The zero-order chi connectivity index (χ0) is 17.9. The summed E-state index contributed by atoms with van der Waals surface area (Å²) in [5.41, 5.74) is 0. The normalized spacial score (nSPS) is 10.8. The van der Waals surface area contributed by atoms with Crippen LogP contribution in [0.1, 0.15) is 104 Å². The predicted octanol–water partition coefficient (Wildman–Crippen LogP) is 1.60. The Bertz CT molecular complexity index is 256. The predicted molar refractivity (Wildman–Crippen MR) is 96.7 cm³/mol. The van der Waals surface area contributed by atoms with Crippen LogP contribution in [0.4, 0.5) is 0 Å². The van der Waals surface area contributed by atoms with E-state index in [1.54, 1.807) is 0 Å². The van der Waals surface area contributed by atoms with Crippen molar-refractivity contribution in [3.8, 4) is 0 Å². The molecule has 0 aliphatic carbocycles. The van der Waals surface area contributed by atoms with Crippen LogP contribution in [0.5, 0.6) is 0 Å². The minimum absolute atomic E-state index is 0. The summed E-state index contributed by atoms with van der Waals surface area (Å²) in [6, 6.07) is 0. The first kappa shape index (κ1) is 27.6. The summed E-state index contributed by atoms with van der Waals surface area (Å²) >= 11 is 0. The number of aliphatic carboxylic acids is 1. The molecule has 0 rings (SSSR count). The molecule has 0 atom stereocenters. The quantitative estimate of drug-likeness (QED) is 0.198. The summed E-state index contributed by atoms with van der Waals surface area (Å²) in [7, 11) is 0.